The monoisotopic (exact) mass is 198 g/mol. The van der Waals surface area contributed by atoms with E-state index in [9.17, 15) is 4.79 Å². The Balaban J connectivity index is 2.38. The van der Waals surface area contributed by atoms with Crippen molar-refractivity contribution in [2.75, 3.05) is 0 Å². The van der Waals surface area contributed by atoms with Crippen molar-refractivity contribution in [3.63, 3.8) is 0 Å². The van der Waals surface area contributed by atoms with Crippen molar-refractivity contribution < 1.29 is 0 Å². The highest BCUT2D eigenvalue weighted by Gasteiger charge is 2.19. The fraction of sp³-hybridized carbons (Fsp3) is 0.167. The summed E-state index contributed by atoms with van der Waals surface area (Å²) in [7, 11) is 0. The molecule has 0 atom stereocenters. The van der Waals surface area contributed by atoms with Crippen LogP contribution in [0.3, 0.4) is 0 Å². The molecule has 0 spiro atoms. The van der Waals surface area contributed by atoms with E-state index < -0.39 is 0 Å². The normalized spacial score (nSPS) is 12.3. The summed E-state index contributed by atoms with van der Waals surface area (Å²) in [6, 6.07) is 9.66. The van der Waals surface area contributed by atoms with Gasteiger partial charge in [-0.05, 0) is 12.5 Å². The van der Waals surface area contributed by atoms with Crippen molar-refractivity contribution in [3.05, 3.63) is 51.9 Å². The maximum absolute atomic E-state index is 11.3. The van der Waals surface area contributed by atoms with E-state index in [0.717, 1.165) is 23.6 Å². The van der Waals surface area contributed by atoms with E-state index in [0.29, 0.717) is 0 Å². The van der Waals surface area contributed by atoms with Crippen LogP contribution in [0.2, 0.25) is 0 Å². The van der Waals surface area contributed by atoms with Gasteiger partial charge in [-0.2, -0.15) is 4.98 Å². The highest BCUT2D eigenvalue weighted by atomic mass is 16.1. The third-order valence-electron chi connectivity index (χ3n) is 2.82. The van der Waals surface area contributed by atoms with Crippen LogP contribution in [0.4, 0.5) is 0 Å². The summed E-state index contributed by atoms with van der Waals surface area (Å²) in [5, 5.41) is 0. The molecule has 0 aliphatic carbocycles. The fourth-order valence-electron chi connectivity index (χ4n) is 2.07. The standard InChI is InChI=1S/C12H10N2O/c1-8-6-11(15)13-12-10-5-3-2-4-9(10)7-14(8)12/h2-6H,7H2,1H3. The number of aromatic nitrogens is 2. The molecule has 0 N–H and O–H groups in total. The minimum atomic E-state index is -0.157. The molecule has 0 saturated carbocycles. The van der Waals surface area contributed by atoms with Crippen molar-refractivity contribution >= 4 is 0 Å². The molecule has 15 heavy (non-hydrogen) atoms. The Labute approximate surface area is 87.0 Å². The molecule has 0 saturated heterocycles. The first-order chi connectivity index (χ1) is 7.25. The summed E-state index contributed by atoms with van der Waals surface area (Å²) in [5.41, 5.74) is 3.13. The quantitative estimate of drug-likeness (QED) is 0.549. The Morgan fingerprint density at radius 1 is 1.33 bits per heavy atom. The van der Waals surface area contributed by atoms with Crippen LogP contribution >= 0.6 is 0 Å². The summed E-state index contributed by atoms with van der Waals surface area (Å²) in [6.07, 6.45) is 0. The Hall–Kier alpha value is -1.90. The smallest absolute Gasteiger partial charge is 0.273 e. The minimum absolute atomic E-state index is 0.157. The zero-order chi connectivity index (χ0) is 10.4. The van der Waals surface area contributed by atoms with Gasteiger partial charge in [0.15, 0.2) is 0 Å². The lowest BCUT2D eigenvalue weighted by atomic mass is 10.1. The molecule has 0 amide bonds. The largest absolute Gasteiger partial charge is 0.325 e. The molecule has 0 radical (unpaired) electrons. The number of hydrogen-bond acceptors (Lipinski definition) is 2. The molecular formula is C12H10N2O. The lowest BCUT2D eigenvalue weighted by Gasteiger charge is -2.05. The van der Waals surface area contributed by atoms with Gasteiger partial charge in [-0.3, -0.25) is 4.79 Å². The highest BCUT2D eigenvalue weighted by Crippen LogP contribution is 2.29. The summed E-state index contributed by atoms with van der Waals surface area (Å²) >= 11 is 0. The first-order valence-electron chi connectivity index (χ1n) is 4.92. The highest BCUT2D eigenvalue weighted by molar-refractivity contribution is 5.64. The third-order valence-corrected chi connectivity index (χ3v) is 2.82. The lowest BCUT2D eigenvalue weighted by molar-refractivity contribution is 0.777. The molecule has 3 nitrogen and oxygen atoms in total. The fourth-order valence-corrected chi connectivity index (χ4v) is 2.07. The average Bonchev–Trinajstić information content (AvgIpc) is 2.57. The number of hydrogen-bond donors (Lipinski definition) is 0. The number of fused-ring (bicyclic) bond motifs is 3. The van der Waals surface area contributed by atoms with Gasteiger partial charge >= 0.3 is 0 Å². The average molecular weight is 198 g/mol. The molecule has 0 unspecified atom stereocenters. The minimum Gasteiger partial charge on any atom is -0.325 e. The number of benzene rings is 1. The van der Waals surface area contributed by atoms with Gasteiger partial charge in [-0.1, -0.05) is 24.3 Å². The van der Waals surface area contributed by atoms with Crippen molar-refractivity contribution in [2.24, 2.45) is 0 Å². The van der Waals surface area contributed by atoms with E-state index in [-0.39, 0.29) is 5.56 Å². The molecule has 2 aromatic rings. The van der Waals surface area contributed by atoms with E-state index in [4.69, 9.17) is 0 Å². The Morgan fingerprint density at radius 2 is 2.13 bits per heavy atom. The van der Waals surface area contributed by atoms with Crippen LogP contribution in [-0.2, 0) is 6.54 Å². The van der Waals surface area contributed by atoms with Gasteiger partial charge in [-0.25, -0.2) is 0 Å². The van der Waals surface area contributed by atoms with Gasteiger partial charge in [0.2, 0.25) is 0 Å². The Kier molecular flexibility index (Phi) is 1.57. The zero-order valence-corrected chi connectivity index (χ0v) is 8.40. The molecule has 0 bridgehead atoms. The van der Waals surface area contributed by atoms with E-state index >= 15 is 0 Å². The zero-order valence-electron chi connectivity index (χ0n) is 8.40. The van der Waals surface area contributed by atoms with Crippen LogP contribution in [0.1, 0.15) is 11.3 Å². The van der Waals surface area contributed by atoms with Crippen LogP contribution in [0.15, 0.2) is 35.1 Å². The van der Waals surface area contributed by atoms with Crippen LogP contribution < -0.4 is 5.56 Å². The van der Waals surface area contributed by atoms with Crippen LogP contribution in [0.5, 0.6) is 0 Å². The van der Waals surface area contributed by atoms with E-state index in [2.05, 4.69) is 15.6 Å². The topological polar surface area (TPSA) is 34.9 Å². The summed E-state index contributed by atoms with van der Waals surface area (Å²) in [5.74, 6) is 0.801. The second-order valence-electron chi connectivity index (χ2n) is 3.80. The van der Waals surface area contributed by atoms with Gasteiger partial charge in [0, 0.05) is 23.9 Å². The number of rotatable bonds is 0. The van der Waals surface area contributed by atoms with Gasteiger partial charge in [0.25, 0.3) is 5.56 Å². The first kappa shape index (κ1) is 8.41. The van der Waals surface area contributed by atoms with Gasteiger partial charge in [0.1, 0.15) is 5.82 Å². The second-order valence-corrected chi connectivity index (χ2v) is 3.80. The van der Waals surface area contributed by atoms with Crippen molar-refractivity contribution in [3.8, 4) is 11.4 Å². The van der Waals surface area contributed by atoms with E-state index in [1.54, 1.807) is 6.07 Å². The summed E-state index contributed by atoms with van der Waals surface area (Å²) in [4.78, 5) is 15.4. The van der Waals surface area contributed by atoms with Gasteiger partial charge in [0.05, 0.1) is 0 Å². The van der Waals surface area contributed by atoms with E-state index in [1.165, 1.54) is 5.56 Å². The molecular weight excluding hydrogens is 188 g/mol. The van der Waals surface area contributed by atoms with Gasteiger partial charge < -0.3 is 4.57 Å². The second kappa shape index (κ2) is 2.79. The van der Waals surface area contributed by atoms with Crippen LogP contribution in [0.25, 0.3) is 11.4 Å². The third kappa shape index (κ3) is 1.13. The molecule has 1 aromatic heterocycles. The maximum Gasteiger partial charge on any atom is 0.273 e. The van der Waals surface area contributed by atoms with Crippen molar-refractivity contribution in [2.45, 2.75) is 13.5 Å². The molecule has 74 valence electrons. The number of aryl methyl sites for hydroxylation is 1. The van der Waals surface area contributed by atoms with Crippen LogP contribution in [-0.4, -0.2) is 9.55 Å². The molecule has 2 heterocycles. The Bertz CT molecular complexity index is 599. The number of nitrogens with zero attached hydrogens (tertiary/aromatic N) is 2. The molecule has 3 heteroatoms. The molecule has 1 aliphatic rings. The predicted molar refractivity (Wildman–Crippen MR) is 57.8 cm³/mol. The predicted octanol–water partition coefficient (Wildman–Crippen LogP) is 1.58. The Morgan fingerprint density at radius 3 is 3.00 bits per heavy atom. The van der Waals surface area contributed by atoms with E-state index in [1.807, 2.05) is 25.1 Å². The van der Waals surface area contributed by atoms with Crippen LogP contribution in [0, 0.1) is 6.92 Å². The molecule has 0 fully saturated rings. The first-order valence-corrected chi connectivity index (χ1v) is 4.92. The molecule has 3 rings (SSSR count). The van der Waals surface area contributed by atoms with Gasteiger partial charge in [-0.15, -0.1) is 0 Å². The summed E-state index contributed by atoms with van der Waals surface area (Å²) in [6.45, 7) is 2.77. The molecule has 1 aliphatic heterocycles. The lowest BCUT2D eigenvalue weighted by Crippen LogP contribution is -2.13. The summed E-state index contributed by atoms with van der Waals surface area (Å²) < 4.78 is 2.08. The molecule has 1 aromatic carbocycles. The van der Waals surface area contributed by atoms with Crippen molar-refractivity contribution in [1.82, 2.24) is 9.55 Å². The SMILES string of the molecule is Cc1cc(=O)nc2n1Cc1ccccc1-2. The van der Waals surface area contributed by atoms with Crippen molar-refractivity contribution in [1.29, 1.82) is 0 Å². The maximum atomic E-state index is 11.3.